The van der Waals surface area contributed by atoms with Gasteiger partial charge in [-0.1, -0.05) is 12.8 Å². The first-order valence-electron chi connectivity index (χ1n) is 7.93. The van der Waals surface area contributed by atoms with Gasteiger partial charge < -0.3 is 14.2 Å². The summed E-state index contributed by atoms with van der Waals surface area (Å²) in [6.07, 6.45) is 3.96. The van der Waals surface area contributed by atoms with Crippen LogP contribution in [-0.4, -0.2) is 52.2 Å². The van der Waals surface area contributed by atoms with Gasteiger partial charge in [0, 0.05) is 12.6 Å². The van der Waals surface area contributed by atoms with Gasteiger partial charge in [-0.25, -0.2) is 8.42 Å². The van der Waals surface area contributed by atoms with E-state index in [1.165, 1.54) is 20.3 Å². The molecule has 7 heteroatoms. The van der Waals surface area contributed by atoms with Gasteiger partial charge in [-0.15, -0.1) is 0 Å². The van der Waals surface area contributed by atoms with E-state index in [-0.39, 0.29) is 17.0 Å². The zero-order valence-electron chi connectivity index (χ0n) is 13.5. The topological polar surface area (TPSA) is 65.1 Å². The Labute approximate surface area is 137 Å². The first kappa shape index (κ1) is 16.5. The van der Waals surface area contributed by atoms with E-state index in [9.17, 15) is 8.42 Å². The van der Waals surface area contributed by atoms with Gasteiger partial charge in [-0.3, -0.25) is 0 Å². The van der Waals surface area contributed by atoms with Crippen LogP contribution in [0, 0.1) is 0 Å². The number of rotatable bonds is 4. The number of hydrogen-bond acceptors (Lipinski definition) is 5. The van der Waals surface area contributed by atoms with Crippen LogP contribution in [0.1, 0.15) is 25.7 Å². The van der Waals surface area contributed by atoms with Crippen LogP contribution in [0.15, 0.2) is 23.1 Å². The minimum atomic E-state index is -3.57. The molecule has 128 valence electrons. The van der Waals surface area contributed by atoms with Crippen molar-refractivity contribution in [2.75, 3.05) is 27.4 Å². The van der Waals surface area contributed by atoms with Crippen LogP contribution in [-0.2, 0) is 14.8 Å². The van der Waals surface area contributed by atoms with Crippen LogP contribution in [0.5, 0.6) is 11.5 Å². The van der Waals surface area contributed by atoms with E-state index in [1.807, 2.05) is 0 Å². The lowest BCUT2D eigenvalue weighted by Gasteiger charge is -2.42. The molecule has 2 fully saturated rings. The fourth-order valence-corrected chi connectivity index (χ4v) is 5.15. The zero-order chi connectivity index (χ0) is 16.4. The fourth-order valence-electron chi connectivity index (χ4n) is 3.47. The van der Waals surface area contributed by atoms with E-state index in [0.717, 1.165) is 25.7 Å². The second-order valence-corrected chi connectivity index (χ2v) is 7.78. The second kappa shape index (κ2) is 6.67. The monoisotopic (exact) mass is 341 g/mol. The summed E-state index contributed by atoms with van der Waals surface area (Å²) in [7, 11) is -0.544. The van der Waals surface area contributed by atoms with Crippen molar-refractivity contribution in [3.63, 3.8) is 0 Å². The maximum Gasteiger partial charge on any atom is 0.243 e. The minimum absolute atomic E-state index is 0.0208. The van der Waals surface area contributed by atoms with Crippen molar-refractivity contribution >= 4 is 10.0 Å². The summed E-state index contributed by atoms with van der Waals surface area (Å²) in [6.45, 7) is 0.853. The highest BCUT2D eigenvalue weighted by atomic mass is 32.2. The zero-order valence-corrected chi connectivity index (χ0v) is 14.3. The van der Waals surface area contributed by atoms with Crippen molar-refractivity contribution in [3.05, 3.63) is 18.2 Å². The van der Waals surface area contributed by atoms with Gasteiger partial charge in [0.05, 0.1) is 37.9 Å². The maximum absolute atomic E-state index is 13.1. The molecule has 3 rings (SSSR count). The Kier molecular flexibility index (Phi) is 4.79. The molecule has 0 N–H and O–H groups in total. The highest BCUT2D eigenvalue weighted by Crippen LogP contribution is 2.35. The third-order valence-electron chi connectivity index (χ3n) is 4.64. The Hall–Kier alpha value is -1.31. The van der Waals surface area contributed by atoms with Crippen molar-refractivity contribution in [2.24, 2.45) is 0 Å². The molecule has 0 bridgehead atoms. The third-order valence-corrected chi connectivity index (χ3v) is 6.56. The highest BCUT2D eigenvalue weighted by molar-refractivity contribution is 7.89. The van der Waals surface area contributed by atoms with E-state index in [0.29, 0.717) is 24.7 Å². The predicted molar refractivity (Wildman–Crippen MR) is 85.4 cm³/mol. The highest BCUT2D eigenvalue weighted by Gasteiger charge is 2.41. The van der Waals surface area contributed by atoms with Crippen LogP contribution in [0.3, 0.4) is 0 Å². The first-order chi connectivity index (χ1) is 11.1. The molecule has 0 aromatic heterocycles. The van der Waals surface area contributed by atoms with E-state index in [4.69, 9.17) is 14.2 Å². The molecule has 23 heavy (non-hydrogen) atoms. The number of nitrogens with zero attached hydrogens (tertiary/aromatic N) is 1. The normalized spacial score (nSPS) is 25.7. The Morgan fingerprint density at radius 2 is 1.87 bits per heavy atom. The summed E-state index contributed by atoms with van der Waals surface area (Å²) in [5, 5.41) is 0. The number of ether oxygens (including phenoxy) is 3. The average Bonchev–Trinajstić information content (AvgIpc) is 2.60. The van der Waals surface area contributed by atoms with Crippen LogP contribution in [0.2, 0.25) is 0 Å². The fraction of sp³-hybridized carbons (Fsp3) is 0.625. The Morgan fingerprint density at radius 1 is 1.13 bits per heavy atom. The molecule has 1 saturated heterocycles. The van der Waals surface area contributed by atoms with Crippen molar-refractivity contribution in [3.8, 4) is 11.5 Å². The van der Waals surface area contributed by atoms with Crippen LogP contribution < -0.4 is 9.47 Å². The quantitative estimate of drug-likeness (QED) is 0.838. The molecular weight excluding hydrogens is 318 g/mol. The summed E-state index contributed by atoms with van der Waals surface area (Å²) in [5.74, 6) is 0.936. The lowest BCUT2D eigenvalue weighted by Crippen LogP contribution is -2.54. The SMILES string of the molecule is COc1ccc(S(=O)(=O)N2CCOC3CCCCC32)cc1OC. The molecule has 1 aromatic rings. The number of morpholine rings is 1. The number of methoxy groups -OCH3 is 2. The summed E-state index contributed by atoms with van der Waals surface area (Å²) < 4.78 is 44.0. The van der Waals surface area contributed by atoms with Gasteiger partial charge in [0.1, 0.15) is 0 Å². The summed E-state index contributed by atoms with van der Waals surface area (Å²) in [4.78, 5) is 0.237. The van der Waals surface area contributed by atoms with E-state index >= 15 is 0 Å². The van der Waals surface area contributed by atoms with Crippen molar-refractivity contribution < 1.29 is 22.6 Å². The lowest BCUT2D eigenvalue weighted by molar-refractivity contribution is -0.0586. The molecule has 0 spiro atoms. The summed E-state index contributed by atoms with van der Waals surface area (Å²) >= 11 is 0. The maximum atomic E-state index is 13.1. The number of sulfonamides is 1. The van der Waals surface area contributed by atoms with Gasteiger partial charge in [0.15, 0.2) is 11.5 Å². The largest absolute Gasteiger partial charge is 0.493 e. The number of fused-ring (bicyclic) bond motifs is 1. The van der Waals surface area contributed by atoms with Crippen molar-refractivity contribution in [2.45, 2.75) is 42.7 Å². The van der Waals surface area contributed by atoms with E-state index in [2.05, 4.69) is 0 Å². The van der Waals surface area contributed by atoms with Gasteiger partial charge in [-0.2, -0.15) is 4.31 Å². The van der Waals surface area contributed by atoms with E-state index < -0.39 is 10.0 Å². The molecule has 1 heterocycles. The van der Waals surface area contributed by atoms with E-state index in [1.54, 1.807) is 16.4 Å². The van der Waals surface area contributed by atoms with Gasteiger partial charge in [-0.05, 0) is 25.0 Å². The van der Waals surface area contributed by atoms with Gasteiger partial charge >= 0.3 is 0 Å². The van der Waals surface area contributed by atoms with Crippen LogP contribution >= 0.6 is 0 Å². The molecule has 1 saturated carbocycles. The molecule has 6 nitrogen and oxygen atoms in total. The van der Waals surface area contributed by atoms with Crippen molar-refractivity contribution in [1.29, 1.82) is 0 Å². The second-order valence-electron chi connectivity index (χ2n) is 5.89. The number of benzene rings is 1. The average molecular weight is 341 g/mol. The Bertz CT molecular complexity index is 658. The molecule has 0 radical (unpaired) electrons. The molecular formula is C16H23NO5S. The third kappa shape index (κ3) is 3.05. The molecule has 2 unspecified atom stereocenters. The smallest absolute Gasteiger partial charge is 0.243 e. The predicted octanol–water partition coefficient (Wildman–Crippen LogP) is 2.04. The molecule has 1 aliphatic heterocycles. The standard InChI is InChI=1S/C16H23NO5S/c1-20-15-8-7-12(11-16(15)21-2)23(18,19)17-9-10-22-14-6-4-3-5-13(14)17/h7-8,11,13-14H,3-6,9-10H2,1-2H3. The van der Waals surface area contributed by atoms with Gasteiger partial charge in [0.25, 0.3) is 0 Å². The molecule has 1 aromatic carbocycles. The summed E-state index contributed by atoms with van der Waals surface area (Å²) in [6, 6.07) is 4.67. The number of hydrogen-bond donors (Lipinski definition) is 0. The summed E-state index contributed by atoms with van der Waals surface area (Å²) in [5.41, 5.74) is 0. The molecule has 2 atom stereocenters. The molecule has 2 aliphatic rings. The first-order valence-corrected chi connectivity index (χ1v) is 9.37. The van der Waals surface area contributed by atoms with Crippen LogP contribution in [0.25, 0.3) is 0 Å². The van der Waals surface area contributed by atoms with Gasteiger partial charge in [0.2, 0.25) is 10.0 Å². The Morgan fingerprint density at radius 3 is 2.61 bits per heavy atom. The Balaban J connectivity index is 1.94. The lowest BCUT2D eigenvalue weighted by atomic mass is 9.91. The van der Waals surface area contributed by atoms with Crippen LogP contribution in [0.4, 0.5) is 0 Å². The molecule has 0 amide bonds. The van der Waals surface area contributed by atoms with Crippen molar-refractivity contribution in [1.82, 2.24) is 4.31 Å². The molecule has 1 aliphatic carbocycles. The minimum Gasteiger partial charge on any atom is -0.493 e.